The number of allylic oxidation sites excluding steroid dienone is 1. The van der Waals surface area contributed by atoms with Gasteiger partial charge in [0.1, 0.15) is 30.1 Å². The average molecular weight is 749 g/mol. The number of hydrogen-bond acceptors (Lipinski definition) is 10. The van der Waals surface area contributed by atoms with Gasteiger partial charge in [0.05, 0.1) is 69.4 Å². The molecule has 1 aliphatic rings. The van der Waals surface area contributed by atoms with Crippen LogP contribution in [0.5, 0.6) is 11.5 Å². The van der Waals surface area contributed by atoms with Gasteiger partial charge in [-0.1, -0.05) is 40.9 Å². The van der Waals surface area contributed by atoms with E-state index in [0.717, 1.165) is 16.8 Å². The number of anilines is 2. The Balaban J connectivity index is 1.29. The van der Waals surface area contributed by atoms with Crippen LogP contribution in [0, 0.1) is 10.1 Å². The minimum absolute atomic E-state index is 0.0917. The molecule has 0 bridgehead atoms. The summed E-state index contributed by atoms with van der Waals surface area (Å²) < 4.78 is 13.1. The van der Waals surface area contributed by atoms with Gasteiger partial charge in [0.25, 0.3) is 5.56 Å². The molecule has 0 atom stereocenters. The highest BCUT2D eigenvalue weighted by molar-refractivity contribution is 6.35. The molecule has 14 heteroatoms. The minimum Gasteiger partial charge on any atom is -0.497 e. The predicted octanol–water partition coefficient (Wildman–Crippen LogP) is 6.63. The second kappa shape index (κ2) is 16.2. The largest absolute Gasteiger partial charge is 0.497 e. The monoisotopic (exact) mass is 748 g/mol. The van der Waals surface area contributed by atoms with Crippen LogP contribution in [0.3, 0.4) is 0 Å². The normalized spacial score (nSPS) is 12.8. The Morgan fingerprint density at radius 2 is 1.87 bits per heavy atom. The van der Waals surface area contributed by atoms with Gasteiger partial charge < -0.3 is 34.0 Å². The maximum atomic E-state index is 14.5. The molecule has 13 nitrogen and oxygen atoms in total. The van der Waals surface area contributed by atoms with Crippen LogP contribution >= 0.6 is 11.6 Å². The van der Waals surface area contributed by atoms with Crippen LogP contribution in [-0.4, -0.2) is 77.3 Å². The molecule has 1 aliphatic heterocycles. The number of methoxy groups -OCH3 is 2. The van der Waals surface area contributed by atoms with Gasteiger partial charge in [-0.2, -0.15) is 0 Å². The summed E-state index contributed by atoms with van der Waals surface area (Å²) in [5.41, 5.74) is 4.12. The Morgan fingerprint density at radius 3 is 2.61 bits per heavy atom. The van der Waals surface area contributed by atoms with Gasteiger partial charge in [-0.25, -0.2) is 4.98 Å². The van der Waals surface area contributed by atoms with Crippen molar-refractivity contribution in [3.63, 3.8) is 0 Å². The van der Waals surface area contributed by atoms with Crippen LogP contribution < -0.4 is 20.3 Å². The molecule has 5 aromatic rings. The number of benzene rings is 2. The molecule has 0 spiro atoms. The van der Waals surface area contributed by atoms with Crippen molar-refractivity contribution >= 4 is 46.0 Å². The van der Waals surface area contributed by atoms with E-state index in [-0.39, 0.29) is 35.2 Å². The predicted molar refractivity (Wildman–Crippen MR) is 209 cm³/mol. The van der Waals surface area contributed by atoms with E-state index in [4.69, 9.17) is 21.1 Å². The van der Waals surface area contributed by atoms with Gasteiger partial charge in [-0.3, -0.25) is 14.6 Å². The number of carbonyl (C=O) groups excluding carboxylic acids is 1. The van der Waals surface area contributed by atoms with Gasteiger partial charge in [-0.15, -0.1) is 0 Å². The van der Waals surface area contributed by atoms with Crippen LogP contribution in [0.2, 0.25) is 5.02 Å². The molecule has 4 heterocycles. The second-order valence-corrected chi connectivity index (χ2v) is 13.9. The van der Waals surface area contributed by atoms with Crippen molar-refractivity contribution in [1.29, 1.82) is 0 Å². The van der Waals surface area contributed by atoms with Crippen molar-refractivity contribution in [2.75, 3.05) is 46.7 Å². The number of aliphatic imine (C=N–C) groups is 1. The molecule has 0 aliphatic carbocycles. The summed E-state index contributed by atoms with van der Waals surface area (Å²) in [6, 6.07) is 18.2. The Kier molecular flexibility index (Phi) is 11.3. The quantitative estimate of drug-likeness (QED) is 0.0539. The molecule has 0 saturated carbocycles. The zero-order valence-corrected chi connectivity index (χ0v) is 31.0. The lowest BCUT2D eigenvalue weighted by Crippen LogP contribution is -2.41. The van der Waals surface area contributed by atoms with Gasteiger partial charge in [0.15, 0.2) is 5.78 Å². The molecule has 276 valence electrons. The van der Waals surface area contributed by atoms with E-state index in [2.05, 4.69) is 20.3 Å². The van der Waals surface area contributed by atoms with Crippen LogP contribution in [0.1, 0.15) is 17.5 Å². The topological polar surface area (TPSA) is 151 Å². The zero-order chi connectivity index (χ0) is 38.4. The van der Waals surface area contributed by atoms with Crippen molar-refractivity contribution in [3.8, 4) is 22.6 Å². The number of nitrogens with zero attached hydrogens (tertiary/aromatic N) is 6. The fourth-order valence-corrected chi connectivity index (χ4v) is 6.67. The number of halogens is 1. The Hall–Kier alpha value is -6.18. The second-order valence-electron chi connectivity index (χ2n) is 13.5. The van der Waals surface area contributed by atoms with E-state index >= 15 is 0 Å². The van der Waals surface area contributed by atoms with Crippen molar-refractivity contribution < 1.29 is 23.7 Å². The molecular formula is C40H39ClN7O6+. The highest BCUT2D eigenvalue weighted by atomic mass is 35.5. The number of nitrogens with one attached hydrogen (secondary N) is 1. The first kappa shape index (κ1) is 37.6. The number of likely N-dealkylation sites (N-methyl/N-ethyl adjacent to an activating group) is 1. The van der Waals surface area contributed by atoms with Crippen LogP contribution in [0.25, 0.3) is 22.0 Å². The lowest BCUT2D eigenvalue weighted by atomic mass is 10.0. The molecule has 2 aromatic carbocycles. The zero-order valence-electron chi connectivity index (χ0n) is 30.3. The third-order valence-electron chi connectivity index (χ3n) is 8.94. The number of hydrogen-bond donors (Lipinski definition) is 1. The molecule has 0 radical (unpaired) electrons. The van der Waals surface area contributed by atoms with E-state index in [0.29, 0.717) is 68.9 Å². The molecule has 0 unspecified atom stereocenters. The third kappa shape index (κ3) is 8.71. The number of quaternary nitrogens is 1. The lowest BCUT2D eigenvalue weighted by molar-refractivity contribution is -0.880. The number of rotatable bonds is 15. The maximum Gasteiger partial charge on any atom is 0.368 e. The van der Waals surface area contributed by atoms with E-state index in [1.165, 1.54) is 14.2 Å². The molecule has 0 fully saturated rings. The summed E-state index contributed by atoms with van der Waals surface area (Å²) >= 11 is 6.78. The van der Waals surface area contributed by atoms with Crippen molar-refractivity contribution in [2.45, 2.75) is 19.4 Å². The smallest absolute Gasteiger partial charge is 0.368 e. The molecule has 0 saturated heterocycles. The molecular weight excluding hydrogens is 710 g/mol. The number of aromatic nitrogens is 3. The first-order valence-electron chi connectivity index (χ1n) is 17.1. The Bertz CT molecular complexity index is 2390. The number of fused-ring (bicyclic) bond motifs is 1. The fraction of sp³-hybridized carbons (Fsp3) is 0.225. The maximum absolute atomic E-state index is 14.5. The highest BCUT2D eigenvalue weighted by Crippen LogP contribution is 2.39. The number of nitro groups is 1. The van der Waals surface area contributed by atoms with Crippen LogP contribution in [-0.2, 0) is 17.8 Å². The number of pyridine rings is 3. The molecule has 3 aromatic heterocycles. The summed E-state index contributed by atoms with van der Waals surface area (Å²) in [6.45, 7) is 1.14. The Labute approximate surface area is 316 Å². The van der Waals surface area contributed by atoms with Crippen LogP contribution in [0.4, 0.5) is 11.5 Å². The number of ketones is 1. The van der Waals surface area contributed by atoms with Crippen molar-refractivity contribution in [1.82, 2.24) is 14.5 Å². The molecule has 54 heavy (non-hydrogen) atoms. The van der Waals surface area contributed by atoms with E-state index in [1.54, 1.807) is 59.7 Å². The molecule has 1 N–H and O–H groups in total. The molecule has 0 amide bonds. The minimum atomic E-state index is -0.453. The van der Waals surface area contributed by atoms with Gasteiger partial charge in [0.2, 0.25) is 0 Å². The summed E-state index contributed by atoms with van der Waals surface area (Å²) in [5, 5.41) is 15.5. The van der Waals surface area contributed by atoms with Gasteiger partial charge >= 0.3 is 5.82 Å². The van der Waals surface area contributed by atoms with Crippen LogP contribution in [0.15, 0.2) is 113 Å². The fourth-order valence-electron chi connectivity index (χ4n) is 6.38. The van der Waals surface area contributed by atoms with E-state index in [1.807, 2.05) is 56.6 Å². The molecule has 6 rings (SSSR count). The number of ether oxygens (including phenoxy) is 2. The van der Waals surface area contributed by atoms with Gasteiger partial charge in [0, 0.05) is 53.9 Å². The van der Waals surface area contributed by atoms with Crippen molar-refractivity contribution in [2.24, 2.45) is 4.99 Å². The van der Waals surface area contributed by atoms with Crippen molar-refractivity contribution in [3.05, 3.63) is 139 Å². The van der Waals surface area contributed by atoms with E-state index < -0.39 is 4.92 Å². The lowest BCUT2D eigenvalue weighted by Gasteiger charge is -2.28. The summed E-state index contributed by atoms with van der Waals surface area (Å²) in [4.78, 5) is 51.1. The highest BCUT2D eigenvalue weighted by Gasteiger charge is 2.28. The van der Waals surface area contributed by atoms with Gasteiger partial charge in [-0.05, 0) is 52.5 Å². The Morgan fingerprint density at radius 1 is 1.06 bits per heavy atom. The first-order chi connectivity index (χ1) is 25.9. The first-order valence-corrected chi connectivity index (χ1v) is 17.4. The average Bonchev–Trinajstić information content (AvgIpc) is 3.61. The summed E-state index contributed by atoms with van der Waals surface area (Å²) in [6.07, 6.45) is 10.6. The van der Waals surface area contributed by atoms with E-state index in [9.17, 15) is 19.7 Å². The number of carbonyl (C=O) groups is 1. The summed E-state index contributed by atoms with van der Waals surface area (Å²) in [7, 11) is 6.93. The SMILES string of the molecule is COc1cc(OC)c(Cl)c(-c2cc3cnc(Nc4cccnc4)cc3n(Cc3cccc(CC(=O)/C=C/C[N+](C)(C)CC4=C([N+](=O)[O-])N=CC4)c3)c2=O)c1. The third-order valence-corrected chi connectivity index (χ3v) is 9.33. The standard InChI is InChI=1S/C40H38ClN7O6/c1-48(2,25-28-12-14-43-39(28)47(51)52)15-7-11-31(49)17-26-8-5-9-27(16-26)24-46-35-21-37(45-30-10-6-13-42-23-30)44-22-29(35)18-34(40(46)50)33-19-32(53-3)20-36(54-4)38(33)41/h5-11,13-14,16,18-23H,12,15,17,24-25H2,1-4H3/p+1/b11-7+. The summed E-state index contributed by atoms with van der Waals surface area (Å²) in [5.74, 6) is 1.18.